The fourth-order valence-electron chi connectivity index (χ4n) is 4.14. The van der Waals surface area contributed by atoms with Gasteiger partial charge in [0.15, 0.2) is 0 Å². The second-order valence-electron chi connectivity index (χ2n) is 9.32. The van der Waals surface area contributed by atoms with Gasteiger partial charge in [-0.1, -0.05) is 54.6 Å². The first-order chi connectivity index (χ1) is 18.5. The van der Waals surface area contributed by atoms with Gasteiger partial charge in [-0.2, -0.15) is 12.7 Å². The van der Waals surface area contributed by atoms with E-state index >= 15 is 0 Å². The summed E-state index contributed by atoms with van der Waals surface area (Å²) >= 11 is 0. The molecular weight excluding hydrogens is 519 g/mol. The number of likely N-dealkylation sites (N-methyl/N-ethyl adjacent to an activating group) is 1. The number of hydrogen-bond donors (Lipinski definition) is 1. The second kappa shape index (κ2) is 13.3. The van der Waals surface area contributed by atoms with E-state index in [-0.39, 0.29) is 24.6 Å². The van der Waals surface area contributed by atoms with Crippen molar-refractivity contribution < 1.29 is 22.4 Å². The molecule has 0 fully saturated rings. The van der Waals surface area contributed by atoms with E-state index in [4.69, 9.17) is 0 Å². The Kier molecular flexibility index (Phi) is 10.2. The second-order valence-corrected chi connectivity index (χ2v) is 11.4. The van der Waals surface area contributed by atoms with E-state index in [1.54, 1.807) is 6.92 Å². The predicted octanol–water partition coefficient (Wildman–Crippen LogP) is 3.52. The molecule has 3 aromatic rings. The Morgan fingerprint density at radius 2 is 1.54 bits per heavy atom. The average Bonchev–Trinajstić information content (AvgIpc) is 2.91. The van der Waals surface area contributed by atoms with Gasteiger partial charge in [-0.25, -0.2) is 8.70 Å². The number of rotatable bonds is 12. The van der Waals surface area contributed by atoms with Crippen LogP contribution < -0.4 is 9.62 Å². The maximum Gasteiger partial charge on any atom is 0.304 e. The van der Waals surface area contributed by atoms with Crippen LogP contribution in [-0.2, 0) is 32.8 Å². The first-order valence-electron chi connectivity index (χ1n) is 12.7. The normalized spacial score (nSPS) is 12.2. The first-order valence-corrected chi connectivity index (χ1v) is 14.1. The van der Waals surface area contributed by atoms with Crippen LogP contribution in [0.1, 0.15) is 23.6 Å². The molecule has 0 aromatic heterocycles. The summed E-state index contributed by atoms with van der Waals surface area (Å²) < 4.78 is 42.1. The van der Waals surface area contributed by atoms with Crippen LogP contribution >= 0.6 is 0 Å². The molecule has 0 heterocycles. The van der Waals surface area contributed by atoms with E-state index in [0.717, 1.165) is 37.4 Å². The third-order valence-electron chi connectivity index (χ3n) is 6.36. The van der Waals surface area contributed by atoms with Gasteiger partial charge in [-0.05, 0) is 54.8 Å². The SMILES string of the molecule is CCNC(=O)[C@H](Cc1ccccc1)N(Cc1ccccc1C)C(=O)CN(c1ccc(F)cc1)S(=O)(=O)N(C)C. The van der Waals surface area contributed by atoms with E-state index in [0.29, 0.717) is 6.54 Å². The number of benzene rings is 3. The largest absolute Gasteiger partial charge is 0.355 e. The summed E-state index contributed by atoms with van der Waals surface area (Å²) in [6, 6.07) is 20.8. The molecule has 0 aliphatic carbocycles. The Morgan fingerprint density at radius 1 is 0.923 bits per heavy atom. The van der Waals surface area contributed by atoms with Crippen LogP contribution in [0.2, 0.25) is 0 Å². The predicted molar refractivity (Wildman–Crippen MR) is 151 cm³/mol. The van der Waals surface area contributed by atoms with Crippen molar-refractivity contribution in [3.63, 3.8) is 0 Å². The van der Waals surface area contributed by atoms with Crippen molar-refractivity contribution in [3.05, 3.63) is 101 Å². The summed E-state index contributed by atoms with van der Waals surface area (Å²) in [4.78, 5) is 28.9. The number of carbonyl (C=O) groups is 2. The summed E-state index contributed by atoms with van der Waals surface area (Å²) in [7, 11) is -1.42. The lowest BCUT2D eigenvalue weighted by Gasteiger charge is -2.34. The zero-order valence-corrected chi connectivity index (χ0v) is 23.5. The summed E-state index contributed by atoms with van der Waals surface area (Å²) in [5.74, 6) is -1.44. The number of hydrogen-bond acceptors (Lipinski definition) is 4. The number of amides is 2. The standard InChI is InChI=1S/C29H35FN4O4S/c1-5-31-29(36)27(19-23-12-7-6-8-13-23)33(20-24-14-10-9-11-22(24)2)28(35)21-34(39(37,38)32(3)4)26-17-15-25(30)16-18-26/h6-18,27H,5,19-21H2,1-4H3,(H,31,36)/t27-/m0/s1. The van der Waals surface area contributed by atoms with Crippen LogP contribution in [0, 0.1) is 12.7 Å². The zero-order chi connectivity index (χ0) is 28.6. The van der Waals surface area contributed by atoms with Gasteiger partial charge < -0.3 is 10.2 Å². The third kappa shape index (κ3) is 7.64. The molecule has 0 radical (unpaired) electrons. The van der Waals surface area contributed by atoms with Crippen molar-refractivity contribution in [2.24, 2.45) is 0 Å². The van der Waals surface area contributed by atoms with E-state index in [2.05, 4.69) is 5.32 Å². The maximum atomic E-state index is 14.1. The highest BCUT2D eigenvalue weighted by molar-refractivity contribution is 7.90. The number of nitrogens with zero attached hydrogens (tertiary/aromatic N) is 3. The number of anilines is 1. The molecule has 0 spiro atoms. The summed E-state index contributed by atoms with van der Waals surface area (Å²) in [6.45, 7) is 3.60. The molecule has 0 saturated carbocycles. The molecule has 1 atom stereocenters. The van der Waals surface area contributed by atoms with Gasteiger partial charge in [0, 0.05) is 33.6 Å². The fourth-order valence-corrected chi connectivity index (χ4v) is 5.20. The van der Waals surface area contributed by atoms with Crippen molar-refractivity contribution in [2.75, 3.05) is 31.5 Å². The molecule has 3 aromatic carbocycles. The van der Waals surface area contributed by atoms with Crippen LogP contribution in [0.5, 0.6) is 0 Å². The molecule has 1 N–H and O–H groups in total. The lowest BCUT2D eigenvalue weighted by atomic mass is 10.0. The lowest BCUT2D eigenvalue weighted by molar-refractivity contribution is -0.140. The molecule has 0 saturated heterocycles. The summed E-state index contributed by atoms with van der Waals surface area (Å²) in [6.07, 6.45) is 0.237. The van der Waals surface area contributed by atoms with E-state index in [1.165, 1.54) is 31.1 Å². The molecule has 2 amide bonds. The van der Waals surface area contributed by atoms with Crippen LogP contribution in [0.3, 0.4) is 0 Å². The van der Waals surface area contributed by atoms with E-state index in [9.17, 15) is 22.4 Å². The lowest BCUT2D eigenvalue weighted by Crippen LogP contribution is -2.54. The summed E-state index contributed by atoms with van der Waals surface area (Å²) in [5, 5.41) is 2.83. The van der Waals surface area contributed by atoms with Crippen molar-refractivity contribution in [1.29, 1.82) is 0 Å². The van der Waals surface area contributed by atoms with Crippen molar-refractivity contribution in [1.82, 2.24) is 14.5 Å². The van der Waals surface area contributed by atoms with Crippen LogP contribution in [0.4, 0.5) is 10.1 Å². The van der Waals surface area contributed by atoms with Gasteiger partial charge >= 0.3 is 10.2 Å². The molecule has 0 bridgehead atoms. The fraction of sp³-hybridized carbons (Fsp3) is 0.310. The third-order valence-corrected chi connectivity index (χ3v) is 8.18. The molecule has 8 nitrogen and oxygen atoms in total. The Hall–Kier alpha value is -3.76. The Bertz CT molecular complexity index is 1370. The first kappa shape index (κ1) is 29.8. The Morgan fingerprint density at radius 3 is 2.13 bits per heavy atom. The van der Waals surface area contributed by atoms with Gasteiger partial charge in [-0.3, -0.25) is 9.59 Å². The topological polar surface area (TPSA) is 90.0 Å². The minimum Gasteiger partial charge on any atom is -0.355 e. The van der Waals surface area contributed by atoms with Crippen molar-refractivity contribution in [2.45, 2.75) is 32.9 Å². The van der Waals surface area contributed by atoms with Crippen LogP contribution in [0.25, 0.3) is 0 Å². The van der Waals surface area contributed by atoms with Gasteiger partial charge in [0.25, 0.3) is 0 Å². The molecule has 0 aliphatic heterocycles. The Balaban J connectivity index is 2.08. The molecule has 10 heteroatoms. The molecule has 0 aliphatic rings. The molecule has 0 unspecified atom stereocenters. The highest BCUT2D eigenvalue weighted by atomic mass is 32.2. The number of nitrogens with one attached hydrogen (secondary N) is 1. The number of carbonyl (C=O) groups excluding carboxylic acids is 2. The highest BCUT2D eigenvalue weighted by Gasteiger charge is 2.34. The molecule has 39 heavy (non-hydrogen) atoms. The minimum absolute atomic E-state index is 0.0966. The Labute approximate surface area is 230 Å². The van der Waals surface area contributed by atoms with Crippen LogP contribution in [-0.4, -0.2) is 62.7 Å². The minimum atomic E-state index is -4.13. The van der Waals surface area contributed by atoms with E-state index in [1.807, 2.05) is 61.5 Å². The summed E-state index contributed by atoms with van der Waals surface area (Å²) in [5.41, 5.74) is 2.75. The molecule has 3 rings (SSSR count). The van der Waals surface area contributed by atoms with Crippen molar-refractivity contribution in [3.8, 4) is 0 Å². The smallest absolute Gasteiger partial charge is 0.304 e. The monoisotopic (exact) mass is 554 g/mol. The quantitative estimate of drug-likeness (QED) is 0.371. The maximum absolute atomic E-state index is 14.1. The molecule has 208 valence electrons. The van der Waals surface area contributed by atoms with Gasteiger partial charge in [0.1, 0.15) is 18.4 Å². The van der Waals surface area contributed by atoms with Gasteiger partial charge in [0.2, 0.25) is 11.8 Å². The number of aryl methyl sites for hydroxylation is 1. The zero-order valence-electron chi connectivity index (χ0n) is 22.7. The average molecular weight is 555 g/mol. The van der Waals surface area contributed by atoms with Crippen molar-refractivity contribution >= 4 is 27.7 Å². The highest BCUT2D eigenvalue weighted by Crippen LogP contribution is 2.22. The van der Waals surface area contributed by atoms with E-state index < -0.39 is 34.5 Å². The molecular formula is C29H35FN4O4S. The van der Waals surface area contributed by atoms with Crippen LogP contribution in [0.15, 0.2) is 78.9 Å². The number of halogens is 1. The van der Waals surface area contributed by atoms with Gasteiger partial charge in [-0.15, -0.1) is 0 Å². The van der Waals surface area contributed by atoms with Gasteiger partial charge in [0.05, 0.1) is 5.69 Å².